The minimum atomic E-state index is -0.638. The number of benzene rings is 3. The van der Waals surface area contributed by atoms with Crippen molar-refractivity contribution in [2.45, 2.75) is 6.92 Å². The van der Waals surface area contributed by atoms with E-state index in [4.69, 9.17) is 4.74 Å². The van der Waals surface area contributed by atoms with Gasteiger partial charge < -0.3 is 24.8 Å². The fraction of sp³-hybridized carbons (Fsp3) is 0.300. The van der Waals surface area contributed by atoms with E-state index in [1.807, 2.05) is 48.2 Å². The Morgan fingerprint density at radius 1 is 0.923 bits per heavy atom. The second-order valence-electron chi connectivity index (χ2n) is 9.44. The zero-order valence-corrected chi connectivity index (χ0v) is 22.2. The summed E-state index contributed by atoms with van der Waals surface area (Å²) in [5.41, 5.74) is 3.31. The van der Waals surface area contributed by atoms with Crippen LogP contribution in [0.3, 0.4) is 0 Å². The van der Waals surface area contributed by atoms with E-state index in [-0.39, 0.29) is 31.2 Å². The number of rotatable bonds is 9. The third-order valence-electron chi connectivity index (χ3n) is 6.67. The van der Waals surface area contributed by atoms with Gasteiger partial charge in [-0.05, 0) is 55.5 Å². The number of carbonyl (C=O) groups excluding carboxylic acids is 3. The fourth-order valence-electron chi connectivity index (χ4n) is 4.43. The highest BCUT2D eigenvalue weighted by molar-refractivity contribution is 5.99. The topological polar surface area (TPSA) is 82.2 Å². The summed E-state index contributed by atoms with van der Waals surface area (Å²) in [6.07, 6.45) is 0. The predicted molar refractivity (Wildman–Crippen MR) is 149 cm³/mol. The molecule has 0 aromatic heterocycles. The number of amides is 3. The summed E-state index contributed by atoms with van der Waals surface area (Å²) in [5.74, 6) is -1.57. The minimum Gasteiger partial charge on any atom is -0.383 e. The Balaban J connectivity index is 1.31. The van der Waals surface area contributed by atoms with Gasteiger partial charge in [-0.3, -0.25) is 14.4 Å². The lowest BCUT2D eigenvalue weighted by atomic mass is 10.1. The molecule has 0 aliphatic carbocycles. The van der Waals surface area contributed by atoms with Crippen molar-refractivity contribution in [3.8, 4) is 0 Å². The summed E-state index contributed by atoms with van der Waals surface area (Å²) < 4.78 is 19.2. The van der Waals surface area contributed by atoms with E-state index in [0.717, 1.165) is 11.3 Å². The number of piperazine rings is 1. The number of anilines is 2. The van der Waals surface area contributed by atoms with Crippen LogP contribution in [0.25, 0.3) is 0 Å². The Bertz CT molecular complexity index is 1290. The number of nitrogens with one attached hydrogen (secondary N) is 1. The highest BCUT2D eigenvalue weighted by Crippen LogP contribution is 2.21. The first-order valence-electron chi connectivity index (χ1n) is 12.9. The van der Waals surface area contributed by atoms with Crippen molar-refractivity contribution in [1.29, 1.82) is 0 Å². The molecule has 0 unspecified atom stereocenters. The molecule has 1 aliphatic heterocycles. The quantitative estimate of drug-likeness (QED) is 0.453. The van der Waals surface area contributed by atoms with E-state index in [9.17, 15) is 18.8 Å². The summed E-state index contributed by atoms with van der Waals surface area (Å²) in [7, 11) is 1.50. The second-order valence-corrected chi connectivity index (χ2v) is 9.44. The molecule has 1 fully saturated rings. The van der Waals surface area contributed by atoms with Gasteiger partial charge in [0.1, 0.15) is 12.4 Å². The van der Waals surface area contributed by atoms with Crippen LogP contribution in [0, 0.1) is 12.7 Å². The zero-order chi connectivity index (χ0) is 27.8. The number of ether oxygens (including phenoxy) is 1. The summed E-state index contributed by atoms with van der Waals surface area (Å²) in [4.78, 5) is 43.7. The van der Waals surface area contributed by atoms with Crippen molar-refractivity contribution in [1.82, 2.24) is 9.80 Å². The van der Waals surface area contributed by atoms with Crippen molar-refractivity contribution < 1.29 is 23.5 Å². The molecule has 1 heterocycles. The minimum absolute atomic E-state index is 0.0423. The number of methoxy groups -OCH3 is 1. The second kappa shape index (κ2) is 13.0. The smallest absolute Gasteiger partial charge is 0.257 e. The van der Waals surface area contributed by atoms with Crippen LogP contribution in [-0.2, 0) is 9.53 Å². The molecular formula is C30H33FN4O4. The van der Waals surface area contributed by atoms with Gasteiger partial charge in [-0.15, -0.1) is 0 Å². The Morgan fingerprint density at radius 3 is 2.23 bits per heavy atom. The molecular weight excluding hydrogens is 499 g/mol. The number of hydrogen-bond acceptors (Lipinski definition) is 5. The van der Waals surface area contributed by atoms with Crippen molar-refractivity contribution in [2.24, 2.45) is 0 Å². The lowest BCUT2D eigenvalue weighted by Gasteiger charge is -2.36. The maximum absolute atomic E-state index is 14.1. The van der Waals surface area contributed by atoms with E-state index in [0.29, 0.717) is 37.4 Å². The van der Waals surface area contributed by atoms with E-state index in [1.165, 1.54) is 30.2 Å². The number of hydrogen-bond donors (Lipinski definition) is 1. The van der Waals surface area contributed by atoms with Gasteiger partial charge >= 0.3 is 0 Å². The average molecular weight is 533 g/mol. The van der Waals surface area contributed by atoms with Crippen molar-refractivity contribution in [3.05, 3.63) is 95.3 Å². The molecule has 4 rings (SSSR count). The van der Waals surface area contributed by atoms with Crippen LogP contribution in [0.2, 0.25) is 0 Å². The number of nitrogens with zero attached hydrogens (tertiary/aromatic N) is 3. The maximum Gasteiger partial charge on any atom is 0.257 e. The van der Waals surface area contributed by atoms with Gasteiger partial charge in [0.05, 0.1) is 12.2 Å². The van der Waals surface area contributed by atoms with Gasteiger partial charge in [0, 0.05) is 56.8 Å². The van der Waals surface area contributed by atoms with Crippen LogP contribution in [0.5, 0.6) is 0 Å². The maximum atomic E-state index is 14.1. The van der Waals surface area contributed by atoms with Crippen molar-refractivity contribution in [2.75, 3.05) is 63.2 Å². The van der Waals surface area contributed by atoms with E-state index >= 15 is 0 Å². The molecule has 0 bridgehead atoms. The summed E-state index contributed by atoms with van der Waals surface area (Å²) in [6, 6.07) is 20.8. The summed E-state index contributed by atoms with van der Waals surface area (Å²) in [6.45, 7) is 4.77. The summed E-state index contributed by atoms with van der Waals surface area (Å²) in [5, 5.41) is 2.81. The lowest BCUT2D eigenvalue weighted by Crippen LogP contribution is -2.48. The van der Waals surface area contributed by atoms with Gasteiger partial charge in [0.15, 0.2) is 0 Å². The van der Waals surface area contributed by atoms with Gasteiger partial charge in [-0.2, -0.15) is 0 Å². The van der Waals surface area contributed by atoms with Gasteiger partial charge in [0.25, 0.3) is 11.8 Å². The standard InChI is InChI=1S/C30H33FN4O4/c1-22-7-9-23(10-8-22)29(37)34-17-15-33(16-18-34)25-13-11-24(12-14-25)32-28(36)21-35(19-20-39-2)30(38)26-5-3-4-6-27(26)31/h3-14H,15-21H2,1-2H3,(H,32,36). The molecule has 3 aromatic rings. The molecule has 204 valence electrons. The first-order valence-corrected chi connectivity index (χ1v) is 12.9. The fourth-order valence-corrected chi connectivity index (χ4v) is 4.43. The number of aryl methyl sites for hydroxylation is 1. The Morgan fingerprint density at radius 2 is 1.59 bits per heavy atom. The molecule has 1 saturated heterocycles. The Hall–Kier alpha value is -4.24. The first kappa shape index (κ1) is 27.8. The van der Waals surface area contributed by atoms with E-state index in [2.05, 4.69) is 10.2 Å². The zero-order valence-electron chi connectivity index (χ0n) is 22.2. The molecule has 3 amide bonds. The molecule has 3 aromatic carbocycles. The monoisotopic (exact) mass is 532 g/mol. The predicted octanol–water partition coefficient (Wildman–Crippen LogP) is 3.82. The molecule has 0 radical (unpaired) electrons. The summed E-state index contributed by atoms with van der Waals surface area (Å²) >= 11 is 0. The van der Waals surface area contributed by atoms with Gasteiger partial charge in [-0.25, -0.2) is 4.39 Å². The Kier molecular flexibility index (Phi) is 9.27. The number of carbonyl (C=O) groups is 3. The van der Waals surface area contributed by atoms with E-state index < -0.39 is 17.6 Å². The van der Waals surface area contributed by atoms with Crippen LogP contribution in [0.1, 0.15) is 26.3 Å². The van der Waals surface area contributed by atoms with E-state index in [1.54, 1.807) is 18.2 Å². The third kappa shape index (κ3) is 7.20. The van der Waals surface area contributed by atoms with Crippen LogP contribution in [-0.4, -0.2) is 80.5 Å². The van der Waals surface area contributed by atoms with Crippen LogP contribution in [0.15, 0.2) is 72.8 Å². The van der Waals surface area contributed by atoms with Gasteiger partial charge in [0.2, 0.25) is 5.91 Å². The van der Waals surface area contributed by atoms with Crippen molar-refractivity contribution >= 4 is 29.1 Å². The SMILES string of the molecule is COCCN(CC(=O)Nc1ccc(N2CCN(C(=O)c3ccc(C)cc3)CC2)cc1)C(=O)c1ccccc1F. The van der Waals surface area contributed by atoms with Crippen LogP contribution in [0.4, 0.5) is 15.8 Å². The highest BCUT2D eigenvalue weighted by Gasteiger charge is 2.23. The molecule has 9 heteroatoms. The first-order chi connectivity index (χ1) is 18.9. The molecule has 39 heavy (non-hydrogen) atoms. The van der Waals surface area contributed by atoms with Crippen LogP contribution < -0.4 is 10.2 Å². The molecule has 8 nitrogen and oxygen atoms in total. The Labute approximate surface area is 228 Å². The van der Waals surface area contributed by atoms with Crippen molar-refractivity contribution in [3.63, 3.8) is 0 Å². The lowest BCUT2D eigenvalue weighted by molar-refractivity contribution is -0.117. The molecule has 0 atom stereocenters. The average Bonchev–Trinajstić information content (AvgIpc) is 2.95. The molecule has 1 N–H and O–H groups in total. The third-order valence-corrected chi connectivity index (χ3v) is 6.67. The number of halogens is 1. The molecule has 1 aliphatic rings. The molecule has 0 spiro atoms. The van der Waals surface area contributed by atoms with Crippen LogP contribution >= 0.6 is 0 Å². The normalized spacial score (nSPS) is 13.2. The molecule has 0 saturated carbocycles. The van der Waals surface area contributed by atoms with Gasteiger partial charge in [-0.1, -0.05) is 29.8 Å². The highest BCUT2D eigenvalue weighted by atomic mass is 19.1. The largest absolute Gasteiger partial charge is 0.383 e.